The highest BCUT2D eigenvalue weighted by Gasteiger charge is 2.71. The molecule has 1 aliphatic carbocycles. The largest absolute Gasteiger partial charge is 0.481 e. The standard InChI is InChI=1S/C11H19NO3/c1-12-5-2-3-10(4-6-12)7-11(10,8-13)9(14)15/h13H,2-8H2,1H3,(H,14,15). The van der Waals surface area contributed by atoms with Gasteiger partial charge in [0.1, 0.15) is 0 Å². The van der Waals surface area contributed by atoms with Crippen LogP contribution in [-0.4, -0.2) is 47.8 Å². The quantitative estimate of drug-likeness (QED) is 0.703. The van der Waals surface area contributed by atoms with Crippen LogP contribution in [0, 0.1) is 10.8 Å². The van der Waals surface area contributed by atoms with E-state index < -0.39 is 11.4 Å². The summed E-state index contributed by atoms with van der Waals surface area (Å²) < 4.78 is 0. The van der Waals surface area contributed by atoms with Crippen LogP contribution in [0.4, 0.5) is 0 Å². The molecule has 86 valence electrons. The van der Waals surface area contributed by atoms with Crippen molar-refractivity contribution in [1.82, 2.24) is 4.90 Å². The minimum Gasteiger partial charge on any atom is -0.481 e. The Labute approximate surface area is 89.9 Å². The number of aliphatic carboxylic acids is 1. The van der Waals surface area contributed by atoms with Gasteiger partial charge < -0.3 is 15.1 Å². The van der Waals surface area contributed by atoms with Crippen LogP contribution in [0.3, 0.4) is 0 Å². The Balaban J connectivity index is 2.13. The predicted molar refractivity (Wildman–Crippen MR) is 55.6 cm³/mol. The molecular weight excluding hydrogens is 194 g/mol. The SMILES string of the molecule is CN1CCCC2(CC1)CC2(CO)C(=O)O. The van der Waals surface area contributed by atoms with Gasteiger partial charge in [0.15, 0.2) is 0 Å². The maximum atomic E-state index is 11.2. The fourth-order valence-electron chi connectivity index (χ4n) is 3.11. The summed E-state index contributed by atoms with van der Waals surface area (Å²) in [5.41, 5.74) is -0.934. The molecule has 1 saturated heterocycles. The highest BCUT2D eigenvalue weighted by molar-refractivity contribution is 5.80. The molecule has 1 heterocycles. The molecule has 2 fully saturated rings. The molecule has 2 atom stereocenters. The lowest BCUT2D eigenvalue weighted by Gasteiger charge is -2.19. The van der Waals surface area contributed by atoms with Crippen LogP contribution in [0.25, 0.3) is 0 Å². The van der Waals surface area contributed by atoms with Crippen molar-refractivity contribution in [3.05, 3.63) is 0 Å². The first-order chi connectivity index (χ1) is 7.06. The summed E-state index contributed by atoms with van der Waals surface area (Å²) in [6.45, 7) is 1.80. The van der Waals surface area contributed by atoms with Gasteiger partial charge in [-0.2, -0.15) is 0 Å². The minimum absolute atomic E-state index is 0.113. The topological polar surface area (TPSA) is 60.8 Å². The lowest BCUT2D eigenvalue weighted by atomic mass is 9.87. The molecule has 0 bridgehead atoms. The molecule has 4 heteroatoms. The van der Waals surface area contributed by atoms with E-state index in [-0.39, 0.29) is 12.0 Å². The molecule has 2 rings (SSSR count). The molecule has 1 aliphatic heterocycles. The zero-order chi connectivity index (χ0) is 11.1. The molecule has 0 aromatic rings. The molecule has 2 unspecified atom stereocenters. The molecule has 0 aromatic heterocycles. The van der Waals surface area contributed by atoms with E-state index in [1.807, 2.05) is 0 Å². The van der Waals surface area contributed by atoms with Gasteiger partial charge in [-0.25, -0.2) is 0 Å². The number of aliphatic hydroxyl groups is 1. The second kappa shape index (κ2) is 3.46. The minimum atomic E-state index is -0.821. The summed E-state index contributed by atoms with van der Waals surface area (Å²) in [5, 5.41) is 18.5. The van der Waals surface area contributed by atoms with Gasteiger partial charge in [-0.3, -0.25) is 4.79 Å². The number of rotatable bonds is 2. The van der Waals surface area contributed by atoms with E-state index in [1.165, 1.54) is 0 Å². The first kappa shape index (κ1) is 10.9. The number of carboxylic acid groups (broad SMARTS) is 1. The first-order valence-electron chi connectivity index (χ1n) is 5.59. The Bertz CT molecular complexity index is 281. The molecule has 2 aliphatic rings. The van der Waals surface area contributed by atoms with Crippen LogP contribution in [0.15, 0.2) is 0 Å². The average Bonchev–Trinajstić information content (AvgIpc) is 2.89. The van der Waals surface area contributed by atoms with Crippen molar-refractivity contribution in [3.8, 4) is 0 Å². The van der Waals surface area contributed by atoms with Gasteiger partial charge in [0.05, 0.1) is 12.0 Å². The number of aliphatic hydroxyl groups excluding tert-OH is 1. The number of carboxylic acids is 1. The van der Waals surface area contributed by atoms with Crippen LogP contribution >= 0.6 is 0 Å². The highest BCUT2D eigenvalue weighted by Crippen LogP contribution is 2.68. The van der Waals surface area contributed by atoms with Gasteiger partial charge in [-0.15, -0.1) is 0 Å². The fraction of sp³-hybridized carbons (Fsp3) is 0.909. The number of nitrogens with zero attached hydrogens (tertiary/aromatic N) is 1. The number of carbonyl (C=O) groups is 1. The highest BCUT2D eigenvalue weighted by atomic mass is 16.4. The Hall–Kier alpha value is -0.610. The van der Waals surface area contributed by atoms with Crippen LogP contribution in [0.1, 0.15) is 25.7 Å². The number of likely N-dealkylation sites (tertiary alicyclic amines) is 1. The molecule has 4 nitrogen and oxygen atoms in total. The van der Waals surface area contributed by atoms with Crippen molar-refractivity contribution in [1.29, 1.82) is 0 Å². The van der Waals surface area contributed by atoms with Gasteiger partial charge >= 0.3 is 5.97 Å². The summed E-state index contributed by atoms with van der Waals surface area (Å²) in [6, 6.07) is 0. The van der Waals surface area contributed by atoms with Gasteiger partial charge in [0.25, 0.3) is 0 Å². The van der Waals surface area contributed by atoms with Crippen molar-refractivity contribution >= 4 is 5.97 Å². The van der Waals surface area contributed by atoms with E-state index in [1.54, 1.807) is 0 Å². The number of hydrogen-bond acceptors (Lipinski definition) is 3. The van der Waals surface area contributed by atoms with E-state index in [4.69, 9.17) is 0 Å². The fourth-order valence-corrected chi connectivity index (χ4v) is 3.11. The second-order valence-electron chi connectivity index (χ2n) is 5.16. The summed E-state index contributed by atoms with van der Waals surface area (Å²) in [6.07, 6.45) is 3.58. The zero-order valence-electron chi connectivity index (χ0n) is 9.20. The third-order valence-corrected chi connectivity index (χ3v) is 4.38. The molecule has 0 amide bonds. The average molecular weight is 213 g/mol. The van der Waals surface area contributed by atoms with E-state index in [9.17, 15) is 15.0 Å². The second-order valence-corrected chi connectivity index (χ2v) is 5.16. The zero-order valence-corrected chi connectivity index (χ0v) is 9.20. The molecule has 1 spiro atoms. The first-order valence-corrected chi connectivity index (χ1v) is 5.59. The van der Waals surface area contributed by atoms with Crippen molar-refractivity contribution in [3.63, 3.8) is 0 Å². The van der Waals surface area contributed by atoms with Crippen molar-refractivity contribution in [2.24, 2.45) is 10.8 Å². The third kappa shape index (κ3) is 1.47. The van der Waals surface area contributed by atoms with Gasteiger partial charge in [-0.05, 0) is 51.2 Å². The maximum absolute atomic E-state index is 11.2. The molecule has 0 radical (unpaired) electrons. The van der Waals surface area contributed by atoms with Crippen molar-refractivity contribution < 1.29 is 15.0 Å². The molecular formula is C11H19NO3. The van der Waals surface area contributed by atoms with Crippen molar-refractivity contribution in [2.75, 3.05) is 26.7 Å². The van der Waals surface area contributed by atoms with Gasteiger partial charge in [-0.1, -0.05) is 0 Å². The van der Waals surface area contributed by atoms with Crippen LogP contribution in [-0.2, 0) is 4.79 Å². The summed E-state index contributed by atoms with van der Waals surface area (Å²) in [5.74, 6) is -0.811. The van der Waals surface area contributed by atoms with Crippen LogP contribution in [0.5, 0.6) is 0 Å². The van der Waals surface area contributed by atoms with E-state index in [2.05, 4.69) is 11.9 Å². The Morgan fingerprint density at radius 3 is 2.67 bits per heavy atom. The summed E-state index contributed by atoms with van der Waals surface area (Å²) in [7, 11) is 2.07. The Morgan fingerprint density at radius 1 is 1.40 bits per heavy atom. The normalized spacial score (nSPS) is 41.5. The summed E-state index contributed by atoms with van der Waals surface area (Å²) >= 11 is 0. The lowest BCUT2D eigenvalue weighted by molar-refractivity contribution is -0.147. The van der Waals surface area contributed by atoms with E-state index in [0.717, 1.165) is 32.4 Å². The smallest absolute Gasteiger partial charge is 0.312 e. The molecule has 1 saturated carbocycles. The number of hydrogen-bond donors (Lipinski definition) is 2. The van der Waals surface area contributed by atoms with E-state index >= 15 is 0 Å². The van der Waals surface area contributed by atoms with Crippen molar-refractivity contribution in [2.45, 2.75) is 25.7 Å². The van der Waals surface area contributed by atoms with E-state index in [0.29, 0.717) is 6.42 Å². The van der Waals surface area contributed by atoms with Gasteiger partial charge in [0.2, 0.25) is 0 Å². The molecule has 15 heavy (non-hydrogen) atoms. The Morgan fingerprint density at radius 2 is 2.13 bits per heavy atom. The predicted octanol–water partition coefficient (Wildman–Crippen LogP) is 0.556. The molecule has 0 aromatic carbocycles. The monoisotopic (exact) mass is 213 g/mol. The van der Waals surface area contributed by atoms with Crippen LogP contribution in [0.2, 0.25) is 0 Å². The third-order valence-electron chi connectivity index (χ3n) is 4.38. The Kier molecular flexibility index (Phi) is 2.51. The molecule has 2 N–H and O–H groups in total. The maximum Gasteiger partial charge on any atom is 0.312 e. The van der Waals surface area contributed by atoms with Gasteiger partial charge in [0, 0.05) is 0 Å². The lowest BCUT2D eigenvalue weighted by Crippen LogP contribution is -2.28. The van der Waals surface area contributed by atoms with Crippen LogP contribution < -0.4 is 0 Å². The summed E-state index contributed by atoms with van der Waals surface area (Å²) in [4.78, 5) is 13.5.